The Bertz CT molecular complexity index is 1710. The van der Waals surface area contributed by atoms with Crippen LogP contribution in [0.25, 0.3) is 0 Å². The van der Waals surface area contributed by atoms with Crippen molar-refractivity contribution in [3.63, 3.8) is 0 Å². The Kier molecular flexibility index (Phi) is 11.9. The number of carbonyl (C=O) groups excluding carboxylic acids is 3. The molecule has 3 aliphatic rings. The van der Waals surface area contributed by atoms with Gasteiger partial charge in [-0.3, -0.25) is 14.4 Å². The van der Waals surface area contributed by atoms with Crippen LogP contribution in [0, 0.1) is 11.7 Å². The molecule has 12 heteroatoms. The van der Waals surface area contributed by atoms with Crippen LogP contribution >= 0.6 is 11.8 Å². The number of nitrogens with zero attached hydrogens (tertiary/aromatic N) is 1. The van der Waals surface area contributed by atoms with Crippen molar-refractivity contribution in [2.24, 2.45) is 5.92 Å². The summed E-state index contributed by atoms with van der Waals surface area (Å²) in [7, 11) is 0. The van der Waals surface area contributed by atoms with Crippen LogP contribution in [0.15, 0.2) is 66.7 Å². The van der Waals surface area contributed by atoms with Crippen LogP contribution in [0.5, 0.6) is 5.75 Å². The van der Waals surface area contributed by atoms with Gasteiger partial charge < -0.3 is 30.5 Å². The van der Waals surface area contributed by atoms with Crippen molar-refractivity contribution in [2.45, 2.75) is 81.2 Å². The number of halogens is 1. The third kappa shape index (κ3) is 9.09. The summed E-state index contributed by atoms with van der Waals surface area (Å²) in [5.74, 6) is -1.76. The van der Waals surface area contributed by atoms with E-state index < -0.39 is 41.0 Å². The quantitative estimate of drug-likeness (QED) is 0.156. The molecule has 3 amide bonds. The molecule has 0 aromatic heterocycles. The normalized spacial score (nSPS) is 19.8. The third-order valence-electron chi connectivity index (χ3n) is 10.1. The molecule has 3 aromatic rings. The minimum absolute atomic E-state index is 0.137. The molecule has 1 unspecified atom stereocenters. The summed E-state index contributed by atoms with van der Waals surface area (Å²) in [6.07, 6.45) is 8.04. The number of fused-ring (bicyclic) bond motifs is 1. The Morgan fingerprint density at radius 2 is 1.65 bits per heavy atom. The Labute approximate surface area is 301 Å². The zero-order chi connectivity index (χ0) is 35.9. The minimum Gasteiger partial charge on any atom is -0.484 e. The summed E-state index contributed by atoms with van der Waals surface area (Å²) in [4.78, 5) is 51.7. The first-order valence-electron chi connectivity index (χ1n) is 17.7. The first-order valence-corrected chi connectivity index (χ1v) is 18.7. The molecular weight excluding hydrogens is 674 g/mol. The number of anilines is 1. The summed E-state index contributed by atoms with van der Waals surface area (Å²) in [6, 6.07) is 17.5. The van der Waals surface area contributed by atoms with Crippen LogP contribution in [-0.2, 0) is 32.0 Å². The van der Waals surface area contributed by atoms with Crippen molar-refractivity contribution in [1.29, 1.82) is 0 Å². The summed E-state index contributed by atoms with van der Waals surface area (Å²) in [6.45, 7) is -0.732. The zero-order valence-electron chi connectivity index (χ0n) is 28.4. The van der Waals surface area contributed by atoms with Gasteiger partial charge >= 0.3 is 5.97 Å². The number of β-lactam (4-membered cyclic amide) rings is 1. The van der Waals surface area contributed by atoms with Gasteiger partial charge in [0.25, 0.3) is 5.91 Å². The number of hydrogen-bond acceptors (Lipinski definition) is 7. The lowest BCUT2D eigenvalue weighted by Gasteiger charge is -2.47. The van der Waals surface area contributed by atoms with Crippen LogP contribution in [0.2, 0.25) is 0 Å². The molecule has 1 saturated carbocycles. The van der Waals surface area contributed by atoms with E-state index >= 15 is 0 Å². The number of amides is 3. The highest BCUT2D eigenvalue weighted by Crippen LogP contribution is 2.46. The van der Waals surface area contributed by atoms with Crippen LogP contribution in [0.4, 0.5) is 10.1 Å². The van der Waals surface area contributed by atoms with Gasteiger partial charge in [0.1, 0.15) is 22.9 Å². The van der Waals surface area contributed by atoms with Gasteiger partial charge in [-0.05, 0) is 90.3 Å². The van der Waals surface area contributed by atoms with Crippen LogP contribution in [0.3, 0.4) is 0 Å². The highest BCUT2D eigenvalue weighted by molar-refractivity contribution is 8.00. The van der Waals surface area contributed by atoms with Crippen molar-refractivity contribution in [2.75, 3.05) is 23.8 Å². The van der Waals surface area contributed by atoms with Crippen LogP contribution < -0.4 is 20.3 Å². The number of carboxylic acid groups (broad SMARTS) is 1. The van der Waals surface area contributed by atoms with E-state index in [1.165, 1.54) is 35.0 Å². The standard InChI is InChI=1S/C39H44FN3O7S/c40-29-13-15-30(16-14-29)43-36(37(38(43)47)51-23-33(44)28-10-9-25-7-4-8-27(25)20-28)26-11-17-31(18-12-26)50-22-35(46)41-21-34(45)42-32(39(48)49)19-24-5-2-1-3-6-24/h9-18,20,24,32-33,36-37,44H,1-8,19,21-23H2,(H,41,46)(H,42,45)(H,48,49)/t32-,33?,36-,37-/m1/s1. The van der Waals surface area contributed by atoms with E-state index in [4.69, 9.17) is 4.74 Å². The second-order valence-electron chi connectivity index (χ2n) is 13.6. The molecule has 4 N–H and O–H groups in total. The first-order chi connectivity index (χ1) is 24.7. The number of rotatable bonds is 15. The summed E-state index contributed by atoms with van der Waals surface area (Å²) < 4.78 is 19.4. The maximum atomic E-state index is 13.7. The van der Waals surface area contributed by atoms with E-state index in [0.29, 0.717) is 23.6 Å². The van der Waals surface area contributed by atoms with Crippen molar-refractivity contribution in [3.8, 4) is 5.75 Å². The summed E-state index contributed by atoms with van der Waals surface area (Å²) in [5, 5.41) is 25.1. The molecule has 6 rings (SSSR count). The van der Waals surface area contributed by atoms with E-state index in [-0.39, 0.29) is 31.0 Å². The molecule has 3 aromatic carbocycles. The fraction of sp³-hybridized carbons (Fsp3) is 0.436. The van der Waals surface area contributed by atoms with E-state index in [2.05, 4.69) is 22.8 Å². The number of ether oxygens (including phenoxy) is 1. The van der Waals surface area contributed by atoms with Gasteiger partial charge in [-0.1, -0.05) is 62.4 Å². The SMILES string of the molecule is O=C(COc1ccc([C@@H]2[C@@H](SCC(O)c3ccc4c(c3)CCC4)C(=O)N2c2ccc(F)cc2)cc1)NCC(=O)N[C@H](CC1CCCCC1)C(=O)O. The smallest absolute Gasteiger partial charge is 0.326 e. The maximum Gasteiger partial charge on any atom is 0.326 e. The minimum atomic E-state index is -1.09. The zero-order valence-corrected chi connectivity index (χ0v) is 29.2. The fourth-order valence-corrected chi connectivity index (χ4v) is 8.59. The molecule has 4 atom stereocenters. The molecule has 0 spiro atoms. The van der Waals surface area contributed by atoms with Crippen LogP contribution in [0.1, 0.15) is 79.3 Å². The van der Waals surface area contributed by atoms with E-state index in [9.17, 15) is 33.8 Å². The highest BCUT2D eigenvalue weighted by atomic mass is 32.2. The highest BCUT2D eigenvalue weighted by Gasteiger charge is 2.49. The molecule has 0 bridgehead atoms. The lowest BCUT2D eigenvalue weighted by molar-refractivity contribution is -0.142. The number of hydrogen-bond donors (Lipinski definition) is 4. The molecule has 2 aliphatic carbocycles. The Morgan fingerprint density at radius 3 is 2.37 bits per heavy atom. The number of aryl methyl sites for hydroxylation is 2. The maximum absolute atomic E-state index is 13.7. The Balaban J connectivity index is 1.03. The van der Waals surface area contributed by atoms with E-state index in [1.54, 1.807) is 41.3 Å². The molecule has 1 heterocycles. The monoisotopic (exact) mass is 717 g/mol. The van der Waals surface area contributed by atoms with Gasteiger partial charge in [0, 0.05) is 11.4 Å². The van der Waals surface area contributed by atoms with Gasteiger partial charge in [-0.25, -0.2) is 9.18 Å². The number of carbonyl (C=O) groups is 4. The average Bonchev–Trinajstić information content (AvgIpc) is 3.61. The number of benzene rings is 3. The summed E-state index contributed by atoms with van der Waals surface area (Å²) in [5.41, 5.74) is 4.81. The fourth-order valence-electron chi connectivity index (χ4n) is 7.29. The molecule has 270 valence electrons. The van der Waals surface area contributed by atoms with Gasteiger partial charge in [0.2, 0.25) is 11.8 Å². The third-order valence-corrected chi connectivity index (χ3v) is 11.4. The van der Waals surface area contributed by atoms with Gasteiger partial charge in [0.05, 0.1) is 18.7 Å². The van der Waals surface area contributed by atoms with Gasteiger partial charge in [-0.15, -0.1) is 11.8 Å². The number of thioether (sulfide) groups is 1. The van der Waals surface area contributed by atoms with Crippen molar-refractivity contribution in [3.05, 3.63) is 94.8 Å². The largest absolute Gasteiger partial charge is 0.484 e. The molecule has 1 saturated heterocycles. The summed E-state index contributed by atoms with van der Waals surface area (Å²) >= 11 is 1.39. The van der Waals surface area contributed by atoms with Crippen molar-refractivity contribution < 1.29 is 38.5 Å². The molecule has 0 radical (unpaired) electrons. The lowest BCUT2D eigenvalue weighted by atomic mass is 9.85. The van der Waals surface area contributed by atoms with Gasteiger partial charge in [0.15, 0.2) is 6.61 Å². The lowest BCUT2D eigenvalue weighted by Crippen LogP contribution is -2.57. The molecular formula is C39H44FN3O7S. The Hall–Kier alpha value is -4.42. The second-order valence-corrected chi connectivity index (χ2v) is 14.8. The number of carboxylic acids is 1. The Morgan fingerprint density at radius 1 is 0.922 bits per heavy atom. The molecule has 2 fully saturated rings. The van der Waals surface area contributed by atoms with Crippen molar-refractivity contribution in [1.82, 2.24) is 10.6 Å². The topological polar surface area (TPSA) is 145 Å². The predicted molar refractivity (Wildman–Crippen MR) is 192 cm³/mol. The molecule has 51 heavy (non-hydrogen) atoms. The van der Waals surface area contributed by atoms with Crippen LogP contribution in [-0.4, -0.2) is 64.1 Å². The predicted octanol–water partition coefficient (Wildman–Crippen LogP) is 5.27. The number of aliphatic hydroxyl groups excluding tert-OH is 1. The number of aliphatic carboxylic acids is 1. The molecule has 10 nitrogen and oxygen atoms in total. The van der Waals surface area contributed by atoms with Gasteiger partial charge in [-0.2, -0.15) is 0 Å². The van der Waals surface area contributed by atoms with Crippen molar-refractivity contribution >= 4 is 41.1 Å². The second kappa shape index (κ2) is 16.7. The molecule has 1 aliphatic heterocycles. The number of nitrogens with one attached hydrogen (secondary N) is 2. The van der Waals surface area contributed by atoms with E-state index in [1.807, 2.05) is 6.07 Å². The first kappa shape index (κ1) is 36.4. The number of aliphatic hydroxyl groups is 1. The average molecular weight is 718 g/mol. The van der Waals surface area contributed by atoms with E-state index in [0.717, 1.165) is 62.5 Å².